The van der Waals surface area contributed by atoms with Crippen molar-refractivity contribution in [2.45, 2.75) is 51.8 Å². The number of ether oxygens (including phenoxy) is 1. The van der Waals surface area contributed by atoms with Crippen LogP contribution in [0, 0.1) is 5.92 Å². The summed E-state index contributed by atoms with van der Waals surface area (Å²) in [7, 11) is 0. The zero-order valence-corrected chi connectivity index (χ0v) is 20.2. The van der Waals surface area contributed by atoms with Crippen molar-refractivity contribution >= 4 is 23.3 Å². The minimum absolute atomic E-state index is 0.125. The smallest absolute Gasteiger partial charge is 0.303 e. The third-order valence-corrected chi connectivity index (χ3v) is 6.99. The summed E-state index contributed by atoms with van der Waals surface area (Å²) in [5, 5.41) is 9.50. The van der Waals surface area contributed by atoms with E-state index in [9.17, 15) is 9.18 Å². The average Bonchev–Trinajstić information content (AvgIpc) is 2.95. The number of benzene rings is 2. The predicted molar refractivity (Wildman–Crippen MR) is 134 cm³/mol. The van der Waals surface area contributed by atoms with E-state index in [0.29, 0.717) is 31.0 Å². The highest BCUT2D eigenvalue weighted by Crippen LogP contribution is 2.38. The topological polar surface area (TPSA) is 49.8 Å². The second-order valence-corrected chi connectivity index (χ2v) is 9.58. The molecule has 2 aliphatic rings. The highest BCUT2D eigenvalue weighted by Gasteiger charge is 2.26. The number of alkyl halides is 1. The molecule has 1 aliphatic heterocycles. The molecule has 0 bridgehead atoms. The molecule has 2 atom stereocenters. The SMILES string of the molecule is C[C@H]1C=CC(Cl)=C(CN2CCCc3cccc(OCc4ccc(CCC(=O)O)cc4)c32)CC1F. The molecule has 4 nitrogen and oxygen atoms in total. The number of carboxylic acids is 1. The Bertz CT molecular complexity index is 1080. The second kappa shape index (κ2) is 11.1. The Balaban J connectivity index is 1.49. The van der Waals surface area contributed by atoms with Crippen LogP contribution in [-0.2, 0) is 24.2 Å². The molecule has 0 saturated heterocycles. The molecule has 180 valence electrons. The lowest BCUT2D eigenvalue weighted by Gasteiger charge is -2.34. The molecule has 0 radical (unpaired) electrons. The fraction of sp³-hybridized carbons (Fsp3) is 0.393. The molecule has 0 amide bonds. The lowest BCUT2D eigenvalue weighted by Crippen LogP contribution is -2.32. The fourth-order valence-corrected chi connectivity index (χ4v) is 4.76. The van der Waals surface area contributed by atoms with Crippen LogP contribution >= 0.6 is 11.6 Å². The van der Waals surface area contributed by atoms with Gasteiger partial charge in [0.1, 0.15) is 18.5 Å². The summed E-state index contributed by atoms with van der Waals surface area (Å²) in [6, 6.07) is 14.0. The Kier molecular flexibility index (Phi) is 7.94. The van der Waals surface area contributed by atoms with Gasteiger partial charge < -0.3 is 14.7 Å². The van der Waals surface area contributed by atoms with Gasteiger partial charge in [0, 0.05) is 36.9 Å². The normalized spacial score (nSPS) is 20.1. The molecule has 1 heterocycles. The summed E-state index contributed by atoms with van der Waals surface area (Å²) in [5.74, 6) is -0.119. The first kappa shape index (κ1) is 24.3. The second-order valence-electron chi connectivity index (χ2n) is 9.18. The molecule has 1 aliphatic carbocycles. The maximum atomic E-state index is 14.6. The number of carbonyl (C=O) groups is 1. The molecule has 2 aromatic rings. The number of nitrogens with zero attached hydrogens (tertiary/aromatic N) is 1. The molecule has 34 heavy (non-hydrogen) atoms. The number of aryl methyl sites for hydroxylation is 2. The highest BCUT2D eigenvalue weighted by atomic mass is 35.5. The van der Waals surface area contributed by atoms with Crippen LogP contribution in [0.1, 0.15) is 42.9 Å². The van der Waals surface area contributed by atoms with Crippen LogP contribution in [0.3, 0.4) is 0 Å². The van der Waals surface area contributed by atoms with E-state index in [-0.39, 0.29) is 12.3 Å². The van der Waals surface area contributed by atoms with Crippen molar-refractivity contribution < 1.29 is 19.0 Å². The number of hydrogen-bond acceptors (Lipinski definition) is 3. The fourth-order valence-electron chi connectivity index (χ4n) is 4.55. The van der Waals surface area contributed by atoms with Gasteiger partial charge in [-0.3, -0.25) is 4.79 Å². The van der Waals surface area contributed by atoms with E-state index in [1.165, 1.54) is 5.56 Å². The van der Waals surface area contributed by atoms with Crippen LogP contribution in [-0.4, -0.2) is 30.3 Å². The van der Waals surface area contributed by atoms with E-state index in [4.69, 9.17) is 21.4 Å². The van der Waals surface area contributed by atoms with Crippen molar-refractivity contribution in [1.29, 1.82) is 0 Å². The molecular weight excluding hydrogens is 453 g/mol. The molecule has 1 unspecified atom stereocenters. The Hall–Kier alpha value is -2.79. The first-order valence-corrected chi connectivity index (χ1v) is 12.3. The number of anilines is 1. The molecule has 6 heteroatoms. The van der Waals surface area contributed by atoms with Crippen LogP contribution in [0.4, 0.5) is 10.1 Å². The highest BCUT2D eigenvalue weighted by molar-refractivity contribution is 6.31. The Morgan fingerprint density at radius 1 is 1.21 bits per heavy atom. The number of rotatable bonds is 8. The Morgan fingerprint density at radius 2 is 1.97 bits per heavy atom. The van der Waals surface area contributed by atoms with Crippen LogP contribution in [0.15, 0.2) is 65.2 Å². The van der Waals surface area contributed by atoms with Crippen LogP contribution < -0.4 is 9.64 Å². The third-order valence-electron chi connectivity index (χ3n) is 6.60. The van der Waals surface area contributed by atoms with Gasteiger partial charge in [0.05, 0.1) is 5.69 Å². The Morgan fingerprint density at radius 3 is 2.74 bits per heavy atom. The molecule has 2 aromatic carbocycles. The van der Waals surface area contributed by atoms with E-state index in [2.05, 4.69) is 11.0 Å². The van der Waals surface area contributed by atoms with Gasteiger partial charge in [-0.25, -0.2) is 4.39 Å². The van der Waals surface area contributed by atoms with E-state index < -0.39 is 12.1 Å². The summed E-state index contributed by atoms with van der Waals surface area (Å²) in [4.78, 5) is 13.1. The number of halogens is 2. The number of fused-ring (bicyclic) bond motifs is 1. The largest absolute Gasteiger partial charge is 0.487 e. The molecule has 0 fully saturated rings. The summed E-state index contributed by atoms with van der Waals surface area (Å²) < 4.78 is 20.9. The van der Waals surface area contributed by atoms with Gasteiger partial charge in [-0.15, -0.1) is 0 Å². The molecule has 4 rings (SSSR count). The van der Waals surface area contributed by atoms with Crippen LogP contribution in [0.25, 0.3) is 0 Å². The summed E-state index contributed by atoms with van der Waals surface area (Å²) >= 11 is 6.53. The quantitative estimate of drug-likeness (QED) is 0.468. The number of hydrogen-bond donors (Lipinski definition) is 1. The first-order chi connectivity index (χ1) is 16.4. The standard InChI is InChI=1S/C28H31ClFNO3/c1-19-7-13-24(29)23(16-25(19)30)17-31-15-3-5-22-4-2-6-26(28(22)31)34-18-21-10-8-20(9-11-21)12-14-27(32)33/h2,4,6-11,13,19,25H,3,5,12,14-18H2,1H3,(H,32,33)/t19-,25?/m0/s1. The van der Waals surface area contributed by atoms with Gasteiger partial charge in [-0.05, 0) is 53.7 Å². The van der Waals surface area contributed by atoms with Gasteiger partial charge in [-0.2, -0.15) is 0 Å². The molecule has 1 N–H and O–H groups in total. The molecular formula is C28H31ClFNO3. The van der Waals surface area contributed by atoms with Crippen molar-refractivity contribution in [1.82, 2.24) is 0 Å². The van der Waals surface area contributed by atoms with Gasteiger partial charge in [0.25, 0.3) is 0 Å². The zero-order chi connectivity index (χ0) is 24.1. The minimum Gasteiger partial charge on any atom is -0.487 e. The molecule has 0 aromatic heterocycles. The van der Waals surface area contributed by atoms with Crippen LogP contribution in [0.5, 0.6) is 5.75 Å². The summed E-state index contributed by atoms with van der Waals surface area (Å²) in [6.07, 6.45) is 5.76. The lowest BCUT2D eigenvalue weighted by molar-refractivity contribution is -0.136. The average molecular weight is 484 g/mol. The van der Waals surface area contributed by atoms with Crippen molar-refractivity contribution in [3.8, 4) is 5.75 Å². The minimum atomic E-state index is -0.934. The number of para-hydroxylation sites is 1. The maximum Gasteiger partial charge on any atom is 0.303 e. The van der Waals surface area contributed by atoms with Crippen molar-refractivity contribution in [3.63, 3.8) is 0 Å². The van der Waals surface area contributed by atoms with Crippen molar-refractivity contribution in [3.05, 3.63) is 81.9 Å². The monoisotopic (exact) mass is 483 g/mol. The molecule has 0 spiro atoms. The van der Waals surface area contributed by atoms with Crippen molar-refractivity contribution in [2.24, 2.45) is 5.92 Å². The van der Waals surface area contributed by atoms with Gasteiger partial charge in [-0.1, -0.05) is 61.0 Å². The summed E-state index contributed by atoms with van der Waals surface area (Å²) in [5.41, 5.74) is 5.25. The van der Waals surface area contributed by atoms with Crippen molar-refractivity contribution in [2.75, 3.05) is 18.0 Å². The van der Waals surface area contributed by atoms with E-state index in [1.54, 1.807) is 0 Å². The van der Waals surface area contributed by atoms with E-state index in [0.717, 1.165) is 47.5 Å². The first-order valence-electron chi connectivity index (χ1n) is 11.9. The lowest BCUT2D eigenvalue weighted by atomic mass is 9.98. The van der Waals surface area contributed by atoms with Gasteiger partial charge in [0.15, 0.2) is 0 Å². The third kappa shape index (κ3) is 6.01. The molecule has 0 saturated carbocycles. The van der Waals surface area contributed by atoms with E-state index >= 15 is 0 Å². The Labute approximate surface area is 205 Å². The van der Waals surface area contributed by atoms with Gasteiger partial charge in [0.2, 0.25) is 0 Å². The number of aliphatic carboxylic acids is 1. The number of carboxylic acid groups (broad SMARTS) is 1. The zero-order valence-electron chi connectivity index (χ0n) is 19.5. The maximum absolute atomic E-state index is 14.6. The number of allylic oxidation sites excluding steroid dienone is 3. The summed E-state index contributed by atoms with van der Waals surface area (Å²) in [6.45, 7) is 3.76. The predicted octanol–water partition coefficient (Wildman–Crippen LogP) is 6.46. The van der Waals surface area contributed by atoms with Gasteiger partial charge >= 0.3 is 5.97 Å². The van der Waals surface area contributed by atoms with Crippen LogP contribution in [0.2, 0.25) is 0 Å². The van der Waals surface area contributed by atoms with E-state index in [1.807, 2.05) is 55.5 Å².